The van der Waals surface area contributed by atoms with E-state index in [0.29, 0.717) is 23.1 Å². The van der Waals surface area contributed by atoms with E-state index in [-0.39, 0.29) is 11.7 Å². The second kappa shape index (κ2) is 5.39. The van der Waals surface area contributed by atoms with E-state index in [4.69, 9.17) is 0 Å². The first-order valence-electron chi connectivity index (χ1n) is 6.17. The molecule has 1 aromatic carbocycles. The zero-order chi connectivity index (χ0) is 13.2. The van der Waals surface area contributed by atoms with Gasteiger partial charge in [0, 0.05) is 17.4 Å². The molecule has 1 aliphatic carbocycles. The fraction of sp³-hybridized carbons (Fsp3) is 0.500. The molecule has 0 atom stereocenters. The van der Waals surface area contributed by atoms with Crippen LogP contribution < -0.4 is 5.32 Å². The van der Waals surface area contributed by atoms with Crippen LogP contribution in [0.5, 0.6) is 0 Å². The molecule has 1 saturated carbocycles. The van der Waals surface area contributed by atoms with Crippen molar-refractivity contribution in [3.8, 4) is 0 Å². The van der Waals surface area contributed by atoms with Crippen molar-refractivity contribution in [1.82, 2.24) is 5.32 Å². The van der Waals surface area contributed by atoms with Gasteiger partial charge in [0.15, 0.2) is 0 Å². The molecule has 0 unspecified atom stereocenters. The molecule has 1 fully saturated rings. The van der Waals surface area contributed by atoms with Gasteiger partial charge in [-0.2, -0.15) is 0 Å². The topological polar surface area (TPSA) is 29.1 Å². The molecule has 0 aliphatic heterocycles. The van der Waals surface area contributed by atoms with Gasteiger partial charge >= 0.3 is 0 Å². The number of hydrogen-bond acceptors (Lipinski definition) is 1. The summed E-state index contributed by atoms with van der Waals surface area (Å²) in [6, 6.07) is 4.26. The summed E-state index contributed by atoms with van der Waals surface area (Å²) in [6.07, 6.45) is 3.46. The average molecular weight is 314 g/mol. The third-order valence-electron chi connectivity index (χ3n) is 3.64. The van der Waals surface area contributed by atoms with Crippen LogP contribution in [0.3, 0.4) is 0 Å². The molecule has 1 aromatic rings. The van der Waals surface area contributed by atoms with Crippen LogP contribution in [0.15, 0.2) is 18.2 Å². The number of nitrogens with one attached hydrogen (secondary N) is 1. The Labute approximate surface area is 115 Å². The second-order valence-corrected chi connectivity index (χ2v) is 5.87. The van der Waals surface area contributed by atoms with Crippen LogP contribution >= 0.6 is 15.9 Å². The molecule has 18 heavy (non-hydrogen) atoms. The standard InChI is InChI=1S/C14H17BrFNO/c1-10-8-11(16)2-3-12(10)13(18)17-9-14(4-5-14)6-7-15/h2-3,8H,4-7,9H2,1H3,(H,17,18). The number of carbonyl (C=O) groups is 1. The Hall–Kier alpha value is -0.900. The van der Waals surface area contributed by atoms with Gasteiger partial charge in [0.1, 0.15) is 5.82 Å². The van der Waals surface area contributed by atoms with Crippen molar-refractivity contribution in [1.29, 1.82) is 0 Å². The minimum absolute atomic E-state index is 0.103. The molecule has 0 spiro atoms. The lowest BCUT2D eigenvalue weighted by Gasteiger charge is -2.15. The van der Waals surface area contributed by atoms with E-state index in [2.05, 4.69) is 21.2 Å². The van der Waals surface area contributed by atoms with Crippen LogP contribution in [0.2, 0.25) is 0 Å². The number of halogens is 2. The van der Waals surface area contributed by atoms with E-state index in [9.17, 15) is 9.18 Å². The predicted molar refractivity (Wildman–Crippen MR) is 73.5 cm³/mol. The highest BCUT2D eigenvalue weighted by Crippen LogP contribution is 2.48. The first-order valence-corrected chi connectivity index (χ1v) is 7.29. The van der Waals surface area contributed by atoms with E-state index in [1.54, 1.807) is 13.0 Å². The molecule has 1 N–H and O–H groups in total. The monoisotopic (exact) mass is 313 g/mol. The predicted octanol–water partition coefficient (Wildman–Crippen LogP) is 3.43. The Morgan fingerprint density at radius 3 is 2.78 bits per heavy atom. The van der Waals surface area contributed by atoms with Crippen molar-refractivity contribution < 1.29 is 9.18 Å². The molecule has 0 heterocycles. The van der Waals surface area contributed by atoms with E-state index in [1.165, 1.54) is 25.0 Å². The van der Waals surface area contributed by atoms with Crippen molar-refractivity contribution in [2.24, 2.45) is 5.41 Å². The fourth-order valence-electron chi connectivity index (χ4n) is 2.14. The number of aryl methyl sites for hydroxylation is 1. The van der Waals surface area contributed by atoms with Gasteiger partial charge in [-0.05, 0) is 55.4 Å². The minimum Gasteiger partial charge on any atom is -0.351 e. The van der Waals surface area contributed by atoms with Crippen LogP contribution in [-0.2, 0) is 0 Å². The highest BCUT2D eigenvalue weighted by Gasteiger charge is 2.41. The largest absolute Gasteiger partial charge is 0.351 e. The Balaban J connectivity index is 1.96. The number of hydrogen-bond donors (Lipinski definition) is 1. The first-order chi connectivity index (χ1) is 8.56. The zero-order valence-electron chi connectivity index (χ0n) is 10.4. The maximum atomic E-state index is 13.0. The quantitative estimate of drug-likeness (QED) is 0.829. The third-order valence-corrected chi connectivity index (χ3v) is 4.04. The lowest BCUT2D eigenvalue weighted by atomic mass is 10.0. The number of alkyl halides is 1. The molecule has 0 aromatic heterocycles. The van der Waals surface area contributed by atoms with E-state index < -0.39 is 0 Å². The van der Waals surface area contributed by atoms with Crippen molar-refractivity contribution in [2.75, 3.05) is 11.9 Å². The molecule has 0 bridgehead atoms. The smallest absolute Gasteiger partial charge is 0.251 e. The van der Waals surface area contributed by atoms with E-state index in [1.807, 2.05) is 0 Å². The Morgan fingerprint density at radius 2 is 2.22 bits per heavy atom. The summed E-state index contributed by atoms with van der Waals surface area (Å²) in [4.78, 5) is 12.0. The Bertz CT molecular complexity index is 457. The Morgan fingerprint density at radius 1 is 1.50 bits per heavy atom. The highest BCUT2D eigenvalue weighted by molar-refractivity contribution is 9.09. The van der Waals surface area contributed by atoms with Gasteiger partial charge in [-0.1, -0.05) is 15.9 Å². The second-order valence-electron chi connectivity index (χ2n) is 5.08. The minimum atomic E-state index is -0.304. The third kappa shape index (κ3) is 3.10. The van der Waals surface area contributed by atoms with Crippen LogP contribution in [-0.4, -0.2) is 17.8 Å². The molecular weight excluding hydrogens is 297 g/mol. The summed E-state index contributed by atoms with van der Waals surface area (Å²) in [7, 11) is 0. The van der Waals surface area contributed by atoms with Crippen molar-refractivity contribution >= 4 is 21.8 Å². The molecule has 0 radical (unpaired) electrons. The Kier molecular flexibility index (Phi) is 4.05. The van der Waals surface area contributed by atoms with E-state index >= 15 is 0 Å². The zero-order valence-corrected chi connectivity index (χ0v) is 12.0. The van der Waals surface area contributed by atoms with Gasteiger partial charge < -0.3 is 5.32 Å². The van der Waals surface area contributed by atoms with Gasteiger partial charge in [0.25, 0.3) is 5.91 Å². The summed E-state index contributed by atoms with van der Waals surface area (Å²) in [6.45, 7) is 2.47. The molecule has 98 valence electrons. The summed E-state index contributed by atoms with van der Waals surface area (Å²) in [5.74, 6) is -0.407. The molecule has 2 nitrogen and oxygen atoms in total. The number of carbonyl (C=O) groups excluding carboxylic acids is 1. The highest BCUT2D eigenvalue weighted by atomic mass is 79.9. The normalized spacial score (nSPS) is 16.4. The van der Waals surface area contributed by atoms with Crippen molar-refractivity contribution in [2.45, 2.75) is 26.2 Å². The van der Waals surface area contributed by atoms with Crippen LogP contribution in [0, 0.1) is 18.2 Å². The van der Waals surface area contributed by atoms with Crippen LogP contribution in [0.4, 0.5) is 4.39 Å². The number of rotatable bonds is 5. The van der Waals surface area contributed by atoms with Crippen molar-refractivity contribution in [3.05, 3.63) is 35.1 Å². The van der Waals surface area contributed by atoms with Crippen LogP contribution in [0.1, 0.15) is 35.2 Å². The van der Waals surface area contributed by atoms with E-state index in [0.717, 1.165) is 11.8 Å². The fourth-order valence-corrected chi connectivity index (χ4v) is 2.98. The molecule has 2 rings (SSSR count). The lowest BCUT2D eigenvalue weighted by Crippen LogP contribution is -2.30. The number of amides is 1. The van der Waals surface area contributed by atoms with Crippen LogP contribution in [0.25, 0.3) is 0 Å². The van der Waals surface area contributed by atoms with Gasteiger partial charge in [0.2, 0.25) is 0 Å². The summed E-state index contributed by atoms with van der Waals surface area (Å²) >= 11 is 3.44. The molecule has 4 heteroatoms. The molecular formula is C14H17BrFNO. The van der Waals surface area contributed by atoms with Gasteiger partial charge in [-0.3, -0.25) is 4.79 Å². The van der Waals surface area contributed by atoms with Gasteiger partial charge in [0.05, 0.1) is 0 Å². The molecule has 0 saturated heterocycles. The van der Waals surface area contributed by atoms with Gasteiger partial charge in [-0.15, -0.1) is 0 Å². The molecule has 1 aliphatic rings. The van der Waals surface area contributed by atoms with Gasteiger partial charge in [-0.25, -0.2) is 4.39 Å². The molecule has 1 amide bonds. The summed E-state index contributed by atoms with van der Waals surface area (Å²) < 4.78 is 13.0. The lowest BCUT2D eigenvalue weighted by molar-refractivity contribution is 0.0944. The summed E-state index contributed by atoms with van der Waals surface area (Å²) in [5, 5.41) is 3.94. The first kappa shape index (κ1) is 13.5. The maximum absolute atomic E-state index is 13.0. The van der Waals surface area contributed by atoms with Crippen molar-refractivity contribution in [3.63, 3.8) is 0 Å². The average Bonchev–Trinajstić information content (AvgIpc) is 3.07. The number of benzene rings is 1. The SMILES string of the molecule is Cc1cc(F)ccc1C(=O)NCC1(CCBr)CC1. The summed E-state index contributed by atoms with van der Waals surface area (Å²) in [5.41, 5.74) is 1.54. The maximum Gasteiger partial charge on any atom is 0.251 e.